The summed E-state index contributed by atoms with van der Waals surface area (Å²) in [5, 5.41) is 8.84. The Bertz CT molecular complexity index is 489. The Balaban J connectivity index is 2.66. The number of halogens is 4. The zero-order valence-electron chi connectivity index (χ0n) is 10.2. The van der Waals surface area contributed by atoms with E-state index in [2.05, 4.69) is 16.0 Å². The van der Waals surface area contributed by atoms with Gasteiger partial charge in [-0.15, -0.1) is 0 Å². The molecule has 1 aromatic rings. The molecule has 1 aromatic carbocycles. The molecular weight excluding hydrogens is 364 g/mol. The highest BCUT2D eigenvalue weighted by Crippen LogP contribution is 2.29. The van der Waals surface area contributed by atoms with Crippen LogP contribution in [-0.2, 0) is 4.79 Å². The van der Waals surface area contributed by atoms with Gasteiger partial charge in [0.2, 0.25) is 9.70 Å². The van der Waals surface area contributed by atoms with Crippen LogP contribution >= 0.6 is 58.6 Å². The standard InChI is InChI=1S/C11H11Cl4N3OS/c1-6(19)16-9(11(13,14)15)18-10(20)17-8-4-2-7(12)3-5-8/h2-5,9H,1H3,(H,16,19)(H2,17,18,20)/t9-/m0/s1. The number of carbonyl (C=O) groups excluding carboxylic acids is 1. The molecule has 0 unspecified atom stereocenters. The van der Waals surface area contributed by atoms with Crippen molar-refractivity contribution in [3.8, 4) is 0 Å². The molecule has 0 bridgehead atoms. The van der Waals surface area contributed by atoms with E-state index < -0.39 is 9.96 Å². The Morgan fingerprint density at radius 3 is 2.20 bits per heavy atom. The third-order valence-corrected chi connectivity index (χ3v) is 3.18. The number of carbonyl (C=O) groups is 1. The Morgan fingerprint density at radius 2 is 1.75 bits per heavy atom. The molecule has 0 aliphatic carbocycles. The minimum Gasteiger partial charge on any atom is -0.339 e. The van der Waals surface area contributed by atoms with Gasteiger partial charge < -0.3 is 16.0 Å². The van der Waals surface area contributed by atoms with Crippen LogP contribution in [0.4, 0.5) is 5.69 Å². The minimum absolute atomic E-state index is 0.192. The van der Waals surface area contributed by atoms with Crippen LogP contribution in [0.5, 0.6) is 0 Å². The Hall–Kier alpha value is -0.460. The van der Waals surface area contributed by atoms with Crippen LogP contribution in [0, 0.1) is 0 Å². The van der Waals surface area contributed by atoms with Crippen LogP contribution < -0.4 is 16.0 Å². The van der Waals surface area contributed by atoms with Gasteiger partial charge in [0.1, 0.15) is 6.17 Å². The van der Waals surface area contributed by atoms with Crippen LogP contribution in [0.25, 0.3) is 0 Å². The number of benzene rings is 1. The number of alkyl halides is 3. The van der Waals surface area contributed by atoms with E-state index in [1.807, 2.05) is 0 Å². The summed E-state index contributed by atoms with van der Waals surface area (Å²) in [6, 6.07) is 6.87. The molecule has 4 nitrogen and oxygen atoms in total. The van der Waals surface area contributed by atoms with Crippen molar-refractivity contribution in [2.75, 3.05) is 5.32 Å². The Labute approximate surface area is 142 Å². The van der Waals surface area contributed by atoms with Crippen molar-refractivity contribution in [2.45, 2.75) is 16.9 Å². The highest BCUT2D eigenvalue weighted by Gasteiger charge is 2.33. The van der Waals surface area contributed by atoms with Crippen LogP contribution in [0.1, 0.15) is 6.92 Å². The van der Waals surface area contributed by atoms with Crippen molar-refractivity contribution in [1.29, 1.82) is 0 Å². The smallest absolute Gasteiger partial charge is 0.228 e. The van der Waals surface area contributed by atoms with Crippen molar-refractivity contribution >= 4 is 75.3 Å². The summed E-state index contributed by atoms with van der Waals surface area (Å²) in [4.78, 5) is 11.1. The first kappa shape index (κ1) is 17.6. The first-order valence-electron chi connectivity index (χ1n) is 5.35. The summed E-state index contributed by atoms with van der Waals surface area (Å²) >= 11 is 28.1. The number of thiocarbonyl (C=S) groups is 1. The summed E-state index contributed by atoms with van der Waals surface area (Å²) in [6.07, 6.45) is -0.961. The molecular formula is C11H11Cl4N3OS. The SMILES string of the molecule is CC(=O)N[C@@H](NC(=S)Nc1ccc(Cl)cc1)C(Cl)(Cl)Cl. The lowest BCUT2D eigenvalue weighted by Gasteiger charge is -2.27. The van der Waals surface area contributed by atoms with Crippen molar-refractivity contribution in [3.05, 3.63) is 29.3 Å². The lowest BCUT2D eigenvalue weighted by atomic mass is 10.3. The molecule has 0 radical (unpaired) electrons. The molecule has 20 heavy (non-hydrogen) atoms. The molecule has 3 N–H and O–H groups in total. The molecule has 0 heterocycles. The average Bonchev–Trinajstić information content (AvgIpc) is 2.29. The van der Waals surface area contributed by atoms with Gasteiger partial charge in [0.25, 0.3) is 0 Å². The predicted molar refractivity (Wildman–Crippen MR) is 88.7 cm³/mol. The van der Waals surface area contributed by atoms with Gasteiger partial charge in [0, 0.05) is 17.6 Å². The maximum atomic E-state index is 11.1. The van der Waals surface area contributed by atoms with Crippen molar-refractivity contribution < 1.29 is 4.79 Å². The van der Waals surface area contributed by atoms with Crippen LogP contribution in [-0.4, -0.2) is 21.0 Å². The molecule has 1 atom stereocenters. The molecule has 0 spiro atoms. The maximum Gasteiger partial charge on any atom is 0.228 e. The third kappa shape index (κ3) is 6.33. The van der Waals surface area contributed by atoms with Gasteiger partial charge >= 0.3 is 0 Å². The summed E-state index contributed by atoms with van der Waals surface area (Å²) < 4.78 is -1.75. The highest BCUT2D eigenvalue weighted by atomic mass is 35.6. The largest absolute Gasteiger partial charge is 0.339 e. The molecule has 0 aromatic heterocycles. The van der Waals surface area contributed by atoms with Gasteiger partial charge in [-0.25, -0.2) is 0 Å². The number of rotatable bonds is 3. The second-order valence-corrected chi connectivity index (χ2v) is 6.99. The number of amides is 1. The normalized spacial score (nSPS) is 12.4. The third-order valence-electron chi connectivity index (χ3n) is 2.05. The lowest BCUT2D eigenvalue weighted by molar-refractivity contribution is -0.119. The molecule has 9 heteroatoms. The Kier molecular flexibility index (Phi) is 6.61. The van der Waals surface area contributed by atoms with E-state index in [4.69, 9.17) is 58.6 Å². The molecule has 0 aliphatic heterocycles. The highest BCUT2D eigenvalue weighted by molar-refractivity contribution is 7.80. The number of hydrogen-bond donors (Lipinski definition) is 3. The van der Waals surface area contributed by atoms with E-state index in [0.717, 1.165) is 0 Å². The molecule has 110 valence electrons. The lowest BCUT2D eigenvalue weighted by Crippen LogP contribution is -2.55. The van der Waals surface area contributed by atoms with E-state index in [1.165, 1.54) is 6.92 Å². The van der Waals surface area contributed by atoms with Crippen LogP contribution in [0.15, 0.2) is 24.3 Å². The minimum atomic E-state index is -1.75. The van der Waals surface area contributed by atoms with E-state index in [1.54, 1.807) is 24.3 Å². The average molecular weight is 375 g/mol. The quantitative estimate of drug-likeness (QED) is 0.430. The fourth-order valence-electron chi connectivity index (χ4n) is 1.23. The summed E-state index contributed by atoms with van der Waals surface area (Å²) in [5.41, 5.74) is 0.706. The number of nitrogens with one attached hydrogen (secondary N) is 3. The van der Waals surface area contributed by atoms with Crippen molar-refractivity contribution in [2.24, 2.45) is 0 Å². The van der Waals surface area contributed by atoms with Gasteiger partial charge in [-0.3, -0.25) is 4.79 Å². The fraction of sp³-hybridized carbons (Fsp3) is 0.273. The van der Waals surface area contributed by atoms with Crippen molar-refractivity contribution in [1.82, 2.24) is 10.6 Å². The van der Waals surface area contributed by atoms with Gasteiger partial charge in [-0.1, -0.05) is 46.4 Å². The van der Waals surface area contributed by atoms with E-state index in [9.17, 15) is 4.79 Å². The number of hydrogen-bond acceptors (Lipinski definition) is 2. The monoisotopic (exact) mass is 373 g/mol. The van der Waals surface area contributed by atoms with Crippen molar-refractivity contribution in [3.63, 3.8) is 0 Å². The molecule has 1 rings (SSSR count). The van der Waals surface area contributed by atoms with E-state index in [-0.39, 0.29) is 11.0 Å². The summed E-state index contributed by atoms with van der Waals surface area (Å²) in [6.45, 7) is 1.31. The first-order chi connectivity index (χ1) is 9.18. The van der Waals surface area contributed by atoms with Crippen LogP contribution in [0.3, 0.4) is 0 Å². The molecule has 0 saturated heterocycles. The topological polar surface area (TPSA) is 53.2 Å². The zero-order valence-corrected chi connectivity index (χ0v) is 14.1. The molecule has 1 amide bonds. The first-order valence-corrected chi connectivity index (χ1v) is 7.27. The van der Waals surface area contributed by atoms with E-state index in [0.29, 0.717) is 10.7 Å². The zero-order chi connectivity index (χ0) is 15.3. The van der Waals surface area contributed by atoms with Crippen LogP contribution in [0.2, 0.25) is 5.02 Å². The van der Waals surface area contributed by atoms with E-state index >= 15 is 0 Å². The molecule has 0 fully saturated rings. The second-order valence-electron chi connectivity index (χ2n) is 3.78. The predicted octanol–water partition coefficient (Wildman–Crippen LogP) is 3.46. The van der Waals surface area contributed by atoms with Gasteiger partial charge in [0.05, 0.1) is 0 Å². The Morgan fingerprint density at radius 1 is 1.20 bits per heavy atom. The number of anilines is 1. The molecule has 0 saturated carbocycles. The van der Waals surface area contributed by atoms with Gasteiger partial charge in [0.15, 0.2) is 5.11 Å². The molecule has 0 aliphatic rings. The summed E-state index contributed by atoms with van der Waals surface area (Å²) in [7, 11) is 0. The second kappa shape index (κ2) is 7.52. The fourth-order valence-corrected chi connectivity index (χ4v) is 1.92. The van der Waals surface area contributed by atoms with Gasteiger partial charge in [-0.2, -0.15) is 0 Å². The van der Waals surface area contributed by atoms with Gasteiger partial charge in [-0.05, 0) is 36.5 Å². The maximum absolute atomic E-state index is 11.1. The summed E-state index contributed by atoms with van der Waals surface area (Å²) in [5.74, 6) is -0.358.